The van der Waals surface area contributed by atoms with Gasteiger partial charge in [0.15, 0.2) is 5.78 Å². The molecule has 0 saturated heterocycles. The van der Waals surface area contributed by atoms with E-state index in [9.17, 15) is 4.79 Å². The molecular formula is C13H15N3O3S. The molecule has 0 bridgehead atoms. The summed E-state index contributed by atoms with van der Waals surface area (Å²) in [6.07, 6.45) is 0. The molecule has 0 saturated carbocycles. The summed E-state index contributed by atoms with van der Waals surface area (Å²) < 4.78 is 10.9. The Morgan fingerprint density at radius 1 is 1.40 bits per heavy atom. The van der Waals surface area contributed by atoms with E-state index in [0.717, 1.165) is 0 Å². The molecule has 6 nitrogen and oxygen atoms in total. The van der Waals surface area contributed by atoms with Crippen LogP contribution >= 0.6 is 11.8 Å². The van der Waals surface area contributed by atoms with Gasteiger partial charge in [-0.1, -0.05) is 23.9 Å². The van der Waals surface area contributed by atoms with Crippen molar-refractivity contribution in [2.75, 3.05) is 12.4 Å². The second-order valence-corrected chi connectivity index (χ2v) is 4.96. The van der Waals surface area contributed by atoms with E-state index in [1.54, 1.807) is 12.1 Å². The summed E-state index contributed by atoms with van der Waals surface area (Å²) in [7, 11) is 0. The molecule has 1 heterocycles. The molecule has 0 aliphatic carbocycles. The number of rotatable bonds is 7. The minimum Gasteiger partial charge on any atom is -0.492 e. The van der Waals surface area contributed by atoms with E-state index in [4.69, 9.17) is 14.9 Å². The van der Waals surface area contributed by atoms with Gasteiger partial charge in [0.05, 0.1) is 18.7 Å². The second kappa shape index (κ2) is 7.06. The number of thioether (sulfide) groups is 1. The zero-order valence-corrected chi connectivity index (χ0v) is 11.9. The highest BCUT2D eigenvalue weighted by Crippen LogP contribution is 2.20. The fourth-order valence-corrected chi connectivity index (χ4v) is 2.14. The van der Waals surface area contributed by atoms with Crippen LogP contribution in [0.15, 0.2) is 33.9 Å². The molecule has 106 valence electrons. The number of ether oxygens (including phenoxy) is 1. The largest absolute Gasteiger partial charge is 0.492 e. The van der Waals surface area contributed by atoms with Crippen molar-refractivity contribution in [2.45, 2.75) is 18.7 Å². The number of nitrogens with two attached hydrogens (primary N) is 1. The Morgan fingerprint density at radius 2 is 2.20 bits per heavy atom. The third-order valence-electron chi connectivity index (χ3n) is 2.46. The van der Waals surface area contributed by atoms with Gasteiger partial charge >= 0.3 is 0 Å². The molecule has 2 aromatic rings. The molecule has 0 aliphatic rings. The van der Waals surface area contributed by atoms with Gasteiger partial charge in [-0.15, -0.1) is 10.2 Å². The zero-order chi connectivity index (χ0) is 14.4. The minimum atomic E-state index is -0.0160. The quantitative estimate of drug-likeness (QED) is 0.473. The van der Waals surface area contributed by atoms with Gasteiger partial charge in [-0.3, -0.25) is 4.79 Å². The highest BCUT2D eigenvalue weighted by Gasteiger charge is 2.08. The first-order chi connectivity index (χ1) is 9.70. The Kier molecular flexibility index (Phi) is 5.14. The van der Waals surface area contributed by atoms with Crippen molar-refractivity contribution in [1.82, 2.24) is 10.2 Å². The molecule has 0 unspecified atom stereocenters. The van der Waals surface area contributed by atoms with Crippen molar-refractivity contribution in [3.05, 3.63) is 35.7 Å². The van der Waals surface area contributed by atoms with Crippen LogP contribution in [0.2, 0.25) is 0 Å². The van der Waals surface area contributed by atoms with Crippen LogP contribution in [0.4, 0.5) is 0 Å². The monoisotopic (exact) mass is 293 g/mol. The Bertz CT molecular complexity index is 586. The molecule has 1 aromatic carbocycles. The van der Waals surface area contributed by atoms with E-state index in [-0.39, 0.29) is 12.3 Å². The molecule has 2 N–H and O–H groups in total. The normalized spacial score (nSPS) is 10.5. The SMILES string of the molecule is CC(=O)c1ccccc1OCCSc1nnc(CN)o1. The number of para-hydroxylation sites is 1. The van der Waals surface area contributed by atoms with E-state index in [1.807, 2.05) is 12.1 Å². The molecule has 0 spiro atoms. The van der Waals surface area contributed by atoms with Crippen molar-refractivity contribution >= 4 is 17.5 Å². The zero-order valence-electron chi connectivity index (χ0n) is 11.0. The third kappa shape index (κ3) is 3.82. The summed E-state index contributed by atoms with van der Waals surface area (Å²) in [6, 6.07) is 7.17. The average Bonchev–Trinajstić information content (AvgIpc) is 2.92. The first-order valence-corrected chi connectivity index (χ1v) is 7.07. The van der Waals surface area contributed by atoms with Crippen LogP contribution in [-0.2, 0) is 6.54 Å². The number of carbonyl (C=O) groups excluding carboxylic acids is 1. The van der Waals surface area contributed by atoms with E-state index in [0.29, 0.717) is 34.8 Å². The number of ketones is 1. The summed E-state index contributed by atoms with van der Waals surface area (Å²) in [6.45, 7) is 2.19. The molecule has 0 amide bonds. The fourth-order valence-electron chi connectivity index (χ4n) is 1.54. The molecule has 0 fully saturated rings. The smallest absolute Gasteiger partial charge is 0.276 e. The van der Waals surface area contributed by atoms with E-state index >= 15 is 0 Å². The third-order valence-corrected chi connectivity index (χ3v) is 3.24. The number of benzene rings is 1. The van der Waals surface area contributed by atoms with Crippen molar-refractivity contribution in [3.8, 4) is 5.75 Å². The fraction of sp³-hybridized carbons (Fsp3) is 0.308. The van der Waals surface area contributed by atoms with Crippen LogP contribution in [0.1, 0.15) is 23.2 Å². The molecule has 7 heteroatoms. The maximum atomic E-state index is 11.4. The second-order valence-electron chi connectivity index (χ2n) is 3.92. The van der Waals surface area contributed by atoms with Gasteiger partial charge in [0.25, 0.3) is 5.22 Å². The standard InChI is InChI=1S/C13H15N3O3S/c1-9(17)10-4-2-3-5-11(10)18-6-7-20-13-16-15-12(8-14)19-13/h2-5H,6-8,14H2,1H3. The summed E-state index contributed by atoms with van der Waals surface area (Å²) in [5.74, 6) is 1.63. The van der Waals surface area contributed by atoms with Gasteiger partial charge in [0, 0.05) is 5.75 Å². The summed E-state index contributed by atoms with van der Waals surface area (Å²) >= 11 is 1.38. The van der Waals surface area contributed by atoms with E-state index in [1.165, 1.54) is 18.7 Å². The lowest BCUT2D eigenvalue weighted by molar-refractivity contribution is 0.101. The number of carbonyl (C=O) groups is 1. The van der Waals surface area contributed by atoms with Gasteiger partial charge in [-0.05, 0) is 19.1 Å². The molecule has 20 heavy (non-hydrogen) atoms. The lowest BCUT2D eigenvalue weighted by Crippen LogP contribution is -2.04. The van der Waals surface area contributed by atoms with Crippen molar-refractivity contribution in [3.63, 3.8) is 0 Å². The Labute approximate surface area is 120 Å². The number of hydrogen-bond acceptors (Lipinski definition) is 7. The minimum absolute atomic E-state index is 0.0160. The van der Waals surface area contributed by atoms with Crippen LogP contribution in [0.5, 0.6) is 5.75 Å². The maximum absolute atomic E-state index is 11.4. The molecule has 0 radical (unpaired) electrons. The van der Waals surface area contributed by atoms with E-state index < -0.39 is 0 Å². The topological polar surface area (TPSA) is 91.2 Å². The summed E-state index contributed by atoms with van der Waals surface area (Å²) in [4.78, 5) is 11.4. The van der Waals surface area contributed by atoms with Crippen molar-refractivity contribution in [2.24, 2.45) is 5.73 Å². The summed E-state index contributed by atoms with van der Waals surface area (Å²) in [5.41, 5.74) is 5.96. The van der Waals surface area contributed by atoms with Crippen LogP contribution < -0.4 is 10.5 Å². The maximum Gasteiger partial charge on any atom is 0.276 e. The van der Waals surface area contributed by atoms with Crippen molar-refractivity contribution in [1.29, 1.82) is 0 Å². The number of aromatic nitrogens is 2. The average molecular weight is 293 g/mol. The van der Waals surface area contributed by atoms with Crippen LogP contribution in [0, 0.1) is 0 Å². The number of nitrogens with zero attached hydrogens (tertiary/aromatic N) is 2. The number of Topliss-reactive ketones (excluding diaryl/α,β-unsaturated/α-hetero) is 1. The lowest BCUT2D eigenvalue weighted by Gasteiger charge is -2.08. The van der Waals surface area contributed by atoms with Gasteiger partial charge in [0.1, 0.15) is 5.75 Å². The predicted octanol–water partition coefficient (Wildman–Crippen LogP) is 1.90. The van der Waals surface area contributed by atoms with E-state index in [2.05, 4.69) is 10.2 Å². The van der Waals surface area contributed by atoms with Crippen molar-refractivity contribution < 1.29 is 13.9 Å². The first kappa shape index (κ1) is 14.5. The van der Waals surface area contributed by atoms with Crippen LogP contribution in [-0.4, -0.2) is 28.3 Å². The first-order valence-electron chi connectivity index (χ1n) is 6.08. The Hall–Kier alpha value is -1.86. The van der Waals surface area contributed by atoms with Gasteiger partial charge < -0.3 is 14.9 Å². The van der Waals surface area contributed by atoms with Gasteiger partial charge in [-0.2, -0.15) is 0 Å². The van der Waals surface area contributed by atoms with Crippen LogP contribution in [0.25, 0.3) is 0 Å². The highest BCUT2D eigenvalue weighted by molar-refractivity contribution is 7.99. The van der Waals surface area contributed by atoms with Gasteiger partial charge in [0.2, 0.25) is 5.89 Å². The molecule has 1 aromatic heterocycles. The summed E-state index contributed by atoms with van der Waals surface area (Å²) in [5, 5.41) is 8.06. The van der Waals surface area contributed by atoms with Gasteiger partial charge in [-0.25, -0.2) is 0 Å². The lowest BCUT2D eigenvalue weighted by atomic mass is 10.1. The Morgan fingerprint density at radius 3 is 2.90 bits per heavy atom. The number of hydrogen-bond donors (Lipinski definition) is 1. The molecule has 2 rings (SSSR count). The molecule has 0 atom stereocenters. The van der Waals surface area contributed by atoms with Crippen LogP contribution in [0.3, 0.4) is 0 Å². The molecule has 0 aliphatic heterocycles. The highest BCUT2D eigenvalue weighted by atomic mass is 32.2. The Balaban J connectivity index is 1.83. The predicted molar refractivity (Wildman–Crippen MR) is 74.9 cm³/mol. The molecular weight excluding hydrogens is 278 g/mol.